The van der Waals surface area contributed by atoms with Crippen molar-refractivity contribution in [2.75, 3.05) is 59.5 Å². The van der Waals surface area contributed by atoms with Crippen LogP contribution in [-0.4, -0.2) is 481 Å². The Kier molecular flexibility index (Phi) is 57.9. The lowest BCUT2D eigenvalue weighted by atomic mass is 9.88. The SMILES string of the molecule is CCCCCCCCCCCCC/C=C/[C@@H](O)[C@H](CO[C@@H]1OC(CO)[C@@H](O[C@@H]2OC(CO)[C@H](O[C@@H]3OC(CO)[C@H](O)[C@H](O[C@@H]4OC(CO)[C@H](O)[C@H](O)C4O)C3NC(C)=O)[C@H](O[C@@H]3OC(CO)[C@@H](O)[C@H](O[C@@H]4OC(CO)[C@H](O[C@@H]5OC(CO)[C@H](O)[C@H](O)C5NC(C)=O)[C@H](O[C@]5(C(=O)O)CC(O)[C@@H](NC(C)=O)C([C@H](O)[C@H](O)CO)O5)C4O)C3NC(C)=O)C2O)[C@H](O)C1O)NC(=O)CCCCCCCCCCCCCCCCCCCCC. The van der Waals surface area contributed by atoms with Crippen LogP contribution >= 0.6 is 0 Å². The van der Waals surface area contributed by atoms with Gasteiger partial charge in [-0.2, -0.15) is 0 Å². The molecular weight excluding hydrogens is 2000 g/mol. The van der Waals surface area contributed by atoms with Crippen LogP contribution in [0.2, 0.25) is 0 Å². The zero-order chi connectivity index (χ0) is 110. The first-order chi connectivity index (χ1) is 71.8. The molecule has 872 valence electrons. The molecule has 8 aliphatic heterocycles. The van der Waals surface area contributed by atoms with E-state index in [9.17, 15) is 151 Å². The number of carboxylic acid groups (broad SMARTS) is 1. The molecule has 16 unspecified atom stereocenters. The van der Waals surface area contributed by atoms with Gasteiger partial charge in [-0.05, 0) is 19.3 Å². The van der Waals surface area contributed by atoms with E-state index in [0.29, 0.717) is 12.8 Å². The molecule has 0 saturated carbocycles. The molecule has 51 nitrogen and oxygen atoms in total. The molecule has 43 atom stereocenters. The molecule has 8 rings (SSSR count). The summed E-state index contributed by atoms with van der Waals surface area (Å²) in [5, 5.41) is 288. The van der Waals surface area contributed by atoms with Crippen molar-refractivity contribution in [2.24, 2.45) is 0 Å². The highest BCUT2D eigenvalue weighted by molar-refractivity contribution is 5.77. The zero-order valence-corrected chi connectivity index (χ0v) is 86.8. The number of unbranched alkanes of at least 4 members (excludes halogenated alkanes) is 29. The lowest BCUT2D eigenvalue weighted by Crippen LogP contribution is -2.73. The third kappa shape index (κ3) is 37.6. The van der Waals surface area contributed by atoms with Gasteiger partial charge in [0.2, 0.25) is 29.5 Å². The molecule has 29 N–H and O–H groups in total. The first kappa shape index (κ1) is 130. The number of aliphatic hydroxyl groups excluding tert-OH is 23. The number of carbonyl (C=O) groups excluding carboxylic acids is 5. The Bertz CT molecular complexity index is 3850. The second-order valence-corrected chi connectivity index (χ2v) is 40.6. The Labute approximate surface area is 873 Å². The number of hydrogen-bond acceptors (Lipinski definition) is 45. The van der Waals surface area contributed by atoms with Crippen LogP contribution in [0.15, 0.2) is 12.2 Å². The molecule has 0 aromatic carbocycles. The highest BCUT2D eigenvalue weighted by atomic mass is 16.8. The molecule has 0 aliphatic carbocycles. The Morgan fingerprint density at radius 3 is 1.11 bits per heavy atom. The van der Waals surface area contributed by atoms with Crippen molar-refractivity contribution in [3.8, 4) is 0 Å². The molecule has 0 radical (unpaired) electrons. The molecule has 8 saturated heterocycles. The van der Waals surface area contributed by atoms with E-state index in [1.807, 2.05) is 0 Å². The molecule has 0 bridgehead atoms. The van der Waals surface area contributed by atoms with Crippen LogP contribution in [0, 0.1) is 0 Å². The van der Waals surface area contributed by atoms with Crippen LogP contribution in [0.1, 0.15) is 253 Å². The maximum Gasteiger partial charge on any atom is 0.364 e. The van der Waals surface area contributed by atoms with Gasteiger partial charge in [-0.3, -0.25) is 24.0 Å². The average molecular weight is 2170 g/mol. The predicted octanol–water partition coefficient (Wildman–Crippen LogP) is -5.72. The zero-order valence-electron chi connectivity index (χ0n) is 86.8. The number of nitrogens with one attached hydrogen (secondary N) is 5. The minimum absolute atomic E-state index is 0.0769. The third-order valence-corrected chi connectivity index (χ3v) is 28.7. The van der Waals surface area contributed by atoms with Crippen molar-refractivity contribution in [1.29, 1.82) is 0 Å². The summed E-state index contributed by atoms with van der Waals surface area (Å²) >= 11 is 0. The average Bonchev–Trinajstić information content (AvgIpc) is 0.747. The summed E-state index contributed by atoms with van der Waals surface area (Å²) < 4.78 is 99.0. The van der Waals surface area contributed by atoms with Crippen LogP contribution in [0.25, 0.3) is 0 Å². The van der Waals surface area contributed by atoms with Gasteiger partial charge in [0.1, 0.15) is 189 Å². The predicted molar refractivity (Wildman–Crippen MR) is 518 cm³/mol. The summed E-state index contributed by atoms with van der Waals surface area (Å²) in [6, 6.07) is -9.28. The number of amides is 5. The number of hydrogen-bond donors (Lipinski definition) is 29. The van der Waals surface area contributed by atoms with Gasteiger partial charge in [0.25, 0.3) is 5.79 Å². The Morgan fingerprint density at radius 2 is 0.680 bits per heavy atom. The van der Waals surface area contributed by atoms with Gasteiger partial charge >= 0.3 is 5.97 Å². The van der Waals surface area contributed by atoms with Gasteiger partial charge in [-0.25, -0.2) is 4.79 Å². The summed E-state index contributed by atoms with van der Waals surface area (Å²) in [5.74, 6) is -10.2. The van der Waals surface area contributed by atoms with E-state index in [4.69, 9.17) is 75.8 Å². The van der Waals surface area contributed by atoms with Crippen molar-refractivity contribution >= 4 is 35.5 Å². The number of carbonyl (C=O) groups is 6. The Hall–Kier alpha value is -5.00. The topological polar surface area (TPSA) is 796 Å². The number of aliphatic hydroxyl groups is 23. The Morgan fingerprint density at radius 1 is 0.347 bits per heavy atom. The van der Waals surface area contributed by atoms with Gasteiger partial charge < -0.3 is 225 Å². The Balaban J connectivity index is 1.12. The standard InChI is InChI=1S/C99H175N5O46/c1-7-9-11-13-15-17-19-21-22-23-24-25-26-28-30-32-34-36-38-40-66(120)104-55(56(117)39-37-35-33-31-29-27-20-18-16-14-12-10-8-2)50-135-94-80(130)78(128)83(63(47-110)140-94)143-96-81(131)89(84(64(48-111)141-96)144-92-69(102-53(5)115)86(74(124)61(45-108)137-92)146-95-79(129)77(127)73(123)60(44-107)139-95)148-93-70(103-54(6)116)87(75(125)62(46-109)138-93)147-97-82(132)90(85(65(49-112)142-97)145-91-68(101-52(4)114)76(126)72(122)59(43-106)136-91)150-99(98(133)134)41-57(118)67(100-51(3)113)88(149-99)71(121)58(119)42-105/h37,39,55-65,67-97,105-112,117-119,121-132H,7-36,38,40-50H2,1-6H3,(H,100,113)(H,101,114)(H,102,115)(H,103,116)(H,104,120)(H,133,134)/b39-37+/t55-,56+,57?,58+,59?,60?,61?,62?,63?,64?,65?,67+,68?,69?,70?,71+,72-,73-,74-,75+,76+,77-,78+,79?,80?,81?,82?,83+,84-,85-,86+,87+,88?,89+,90+,91-,92-,93-,94+,95-,96-,97-,99-/m0/s1. The molecule has 0 aromatic heterocycles. The maximum atomic E-state index is 14.1. The number of rotatable bonds is 67. The van der Waals surface area contributed by atoms with E-state index >= 15 is 0 Å². The smallest absolute Gasteiger partial charge is 0.364 e. The summed E-state index contributed by atoms with van der Waals surface area (Å²) in [5.41, 5.74) is 0. The van der Waals surface area contributed by atoms with Crippen LogP contribution in [0.4, 0.5) is 0 Å². The van der Waals surface area contributed by atoms with Crippen LogP contribution < -0.4 is 26.6 Å². The number of allylic oxidation sites excluding steroid dienone is 1. The molecule has 8 heterocycles. The van der Waals surface area contributed by atoms with Crippen LogP contribution in [-0.2, 0) is 105 Å². The lowest BCUT2D eigenvalue weighted by molar-refractivity contribution is -0.405. The van der Waals surface area contributed by atoms with Gasteiger partial charge in [0.15, 0.2) is 44.0 Å². The van der Waals surface area contributed by atoms with Crippen molar-refractivity contribution in [3.63, 3.8) is 0 Å². The first-order valence-electron chi connectivity index (χ1n) is 53.6. The maximum absolute atomic E-state index is 14.1. The highest BCUT2D eigenvalue weighted by Crippen LogP contribution is 2.44. The van der Waals surface area contributed by atoms with Crippen molar-refractivity contribution < 1.29 is 227 Å². The van der Waals surface area contributed by atoms with Crippen molar-refractivity contribution in [1.82, 2.24) is 26.6 Å². The number of carboxylic acids is 1. The largest absolute Gasteiger partial charge is 0.477 e. The number of ether oxygens (including phenoxy) is 16. The summed E-state index contributed by atoms with van der Waals surface area (Å²) in [6.45, 7) is -2.27. The van der Waals surface area contributed by atoms with Gasteiger partial charge in [-0.15, -0.1) is 0 Å². The van der Waals surface area contributed by atoms with Gasteiger partial charge in [0.05, 0.1) is 83.8 Å². The van der Waals surface area contributed by atoms with Crippen LogP contribution in [0.3, 0.4) is 0 Å². The van der Waals surface area contributed by atoms with Gasteiger partial charge in [0, 0.05) is 40.5 Å². The van der Waals surface area contributed by atoms with E-state index < -0.39 is 365 Å². The minimum Gasteiger partial charge on any atom is -0.477 e. The molecule has 150 heavy (non-hydrogen) atoms. The van der Waals surface area contributed by atoms with Crippen molar-refractivity contribution in [2.45, 2.75) is 517 Å². The molecule has 8 aliphatic rings. The summed E-state index contributed by atoms with van der Waals surface area (Å²) in [4.78, 5) is 80.9. The molecule has 5 amide bonds. The fourth-order valence-corrected chi connectivity index (χ4v) is 20.3. The van der Waals surface area contributed by atoms with E-state index in [2.05, 4.69) is 40.4 Å². The quantitative estimate of drug-likeness (QED) is 0.0199. The van der Waals surface area contributed by atoms with E-state index in [0.717, 1.165) is 98.3 Å². The fourth-order valence-electron chi connectivity index (χ4n) is 20.3. The van der Waals surface area contributed by atoms with Crippen LogP contribution in [0.5, 0.6) is 0 Å². The second kappa shape index (κ2) is 66.8. The van der Waals surface area contributed by atoms with Gasteiger partial charge in [-0.1, -0.05) is 206 Å². The second-order valence-electron chi connectivity index (χ2n) is 40.6. The molecular formula is C99H175N5O46. The molecule has 0 spiro atoms. The molecule has 8 fully saturated rings. The lowest BCUT2D eigenvalue weighted by Gasteiger charge is -2.53. The molecule has 51 heteroatoms. The van der Waals surface area contributed by atoms with E-state index in [1.54, 1.807) is 6.08 Å². The normalized spacial score (nSPS) is 37.3. The summed E-state index contributed by atoms with van der Waals surface area (Å²) in [6.07, 6.45) is -45.1. The fraction of sp³-hybridized carbons (Fsp3) is 0.919. The summed E-state index contributed by atoms with van der Waals surface area (Å²) in [7, 11) is 0. The third-order valence-electron chi connectivity index (χ3n) is 28.7. The number of aliphatic carboxylic acids is 1. The first-order valence-corrected chi connectivity index (χ1v) is 53.6. The van der Waals surface area contributed by atoms with E-state index in [-0.39, 0.29) is 6.42 Å². The monoisotopic (exact) mass is 2170 g/mol. The molecule has 0 aromatic rings. The van der Waals surface area contributed by atoms with E-state index in [1.165, 1.54) is 122 Å². The van der Waals surface area contributed by atoms with Crippen molar-refractivity contribution in [3.05, 3.63) is 12.2 Å². The highest BCUT2D eigenvalue weighted by Gasteiger charge is 2.65. The minimum atomic E-state index is -3.53.